The van der Waals surface area contributed by atoms with Gasteiger partial charge in [-0.05, 0) is 0 Å². The number of nitrogens with zero attached hydrogens (tertiary/aromatic N) is 1. The van der Waals surface area contributed by atoms with Crippen LogP contribution in [0, 0.1) is 0 Å². The standard InChI is InChI=1S/C7H8N2O3S/c10-4-2-13-1-3-5(4)8-9-6(3)7(11)12/h4,10H,1-2H2,(H,8,9)(H,11,12). The zero-order valence-corrected chi connectivity index (χ0v) is 7.47. The molecular weight excluding hydrogens is 192 g/mol. The van der Waals surface area contributed by atoms with Crippen LogP contribution in [0.5, 0.6) is 0 Å². The van der Waals surface area contributed by atoms with Gasteiger partial charge in [0.15, 0.2) is 5.69 Å². The van der Waals surface area contributed by atoms with Gasteiger partial charge >= 0.3 is 5.97 Å². The Labute approximate surface area is 78.2 Å². The molecule has 0 fully saturated rings. The maximum Gasteiger partial charge on any atom is 0.356 e. The van der Waals surface area contributed by atoms with Gasteiger partial charge < -0.3 is 10.2 Å². The van der Waals surface area contributed by atoms with Crippen LogP contribution < -0.4 is 0 Å². The number of aromatic nitrogens is 2. The number of nitrogens with one attached hydrogen (secondary N) is 1. The van der Waals surface area contributed by atoms with Gasteiger partial charge in [-0.2, -0.15) is 16.9 Å². The second-order valence-electron chi connectivity index (χ2n) is 2.80. The molecule has 1 aromatic heterocycles. The summed E-state index contributed by atoms with van der Waals surface area (Å²) in [7, 11) is 0. The molecule has 3 N–H and O–H groups in total. The Morgan fingerprint density at radius 2 is 2.46 bits per heavy atom. The van der Waals surface area contributed by atoms with E-state index in [1.807, 2.05) is 0 Å². The van der Waals surface area contributed by atoms with E-state index in [4.69, 9.17) is 5.11 Å². The number of hydrogen-bond donors (Lipinski definition) is 3. The Morgan fingerprint density at radius 3 is 3.15 bits per heavy atom. The lowest BCUT2D eigenvalue weighted by molar-refractivity contribution is 0.0689. The lowest BCUT2D eigenvalue weighted by Gasteiger charge is -2.15. The molecule has 1 aliphatic heterocycles. The van der Waals surface area contributed by atoms with Crippen LogP contribution in [-0.4, -0.2) is 32.1 Å². The molecule has 0 radical (unpaired) electrons. The first-order chi connectivity index (χ1) is 6.20. The molecule has 6 heteroatoms. The minimum atomic E-state index is -1.05. The first-order valence-corrected chi connectivity index (χ1v) is 4.92. The second-order valence-corrected chi connectivity index (χ2v) is 3.83. The van der Waals surface area contributed by atoms with Crippen LogP contribution in [0.15, 0.2) is 0 Å². The maximum atomic E-state index is 10.7. The number of aliphatic hydroxyl groups is 1. The van der Waals surface area contributed by atoms with Gasteiger partial charge in [-0.3, -0.25) is 5.10 Å². The van der Waals surface area contributed by atoms with Gasteiger partial charge in [-0.25, -0.2) is 4.79 Å². The monoisotopic (exact) mass is 200 g/mol. The van der Waals surface area contributed by atoms with Crippen molar-refractivity contribution >= 4 is 17.7 Å². The van der Waals surface area contributed by atoms with E-state index in [0.717, 1.165) is 0 Å². The van der Waals surface area contributed by atoms with Crippen molar-refractivity contribution < 1.29 is 15.0 Å². The van der Waals surface area contributed by atoms with E-state index in [1.165, 1.54) is 11.8 Å². The van der Waals surface area contributed by atoms with Gasteiger partial charge in [-0.1, -0.05) is 0 Å². The van der Waals surface area contributed by atoms with Gasteiger partial charge in [0, 0.05) is 17.1 Å². The summed E-state index contributed by atoms with van der Waals surface area (Å²) in [4.78, 5) is 10.7. The molecule has 70 valence electrons. The molecule has 0 saturated carbocycles. The number of carbonyl (C=O) groups is 1. The third-order valence-electron chi connectivity index (χ3n) is 1.96. The highest BCUT2D eigenvalue weighted by molar-refractivity contribution is 7.98. The van der Waals surface area contributed by atoms with E-state index in [2.05, 4.69) is 10.2 Å². The van der Waals surface area contributed by atoms with E-state index < -0.39 is 12.1 Å². The molecule has 1 atom stereocenters. The Morgan fingerprint density at radius 1 is 1.69 bits per heavy atom. The fourth-order valence-corrected chi connectivity index (χ4v) is 2.34. The summed E-state index contributed by atoms with van der Waals surface area (Å²) < 4.78 is 0. The molecule has 0 bridgehead atoms. The summed E-state index contributed by atoms with van der Waals surface area (Å²) in [5.74, 6) is 0.144. The third kappa shape index (κ3) is 1.31. The third-order valence-corrected chi connectivity index (χ3v) is 3.00. The number of thioether (sulfide) groups is 1. The molecular formula is C7H8N2O3S. The Balaban J connectivity index is 2.47. The molecule has 1 aliphatic rings. The molecule has 0 saturated heterocycles. The molecule has 0 amide bonds. The molecule has 0 aliphatic carbocycles. The highest BCUT2D eigenvalue weighted by atomic mass is 32.2. The van der Waals surface area contributed by atoms with Crippen LogP contribution in [0.3, 0.4) is 0 Å². The molecule has 2 heterocycles. The van der Waals surface area contributed by atoms with E-state index in [-0.39, 0.29) is 5.69 Å². The predicted octanol–water partition coefficient (Wildman–Crippen LogP) is 0.388. The first-order valence-electron chi connectivity index (χ1n) is 3.76. The first kappa shape index (κ1) is 8.58. The SMILES string of the molecule is O=C(O)c1n[nH]c2c1CSCC2O. The molecule has 0 spiro atoms. The smallest absolute Gasteiger partial charge is 0.356 e. The fourth-order valence-electron chi connectivity index (χ4n) is 1.33. The van der Waals surface area contributed by atoms with Crippen molar-refractivity contribution in [2.75, 3.05) is 5.75 Å². The molecule has 1 unspecified atom stereocenters. The van der Waals surface area contributed by atoms with Gasteiger partial charge in [-0.15, -0.1) is 0 Å². The van der Waals surface area contributed by atoms with Crippen molar-refractivity contribution in [1.29, 1.82) is 0 Å². The predicted molar refractivity (Wildman–Crippen MR) is 46.7 cm³/mol. The number of hydrogen-bond acceptors (Lipinski definition) is 4. The summed E-state index contributed by atoms with van der Waals surface area (Å²) in [6.45, 7) is 0. The highest BCUT2D eigenvalue weighted by Gasteiger charge is 2.26. The van der Waals surface area contributed by atoms with Crippen molar-refractivity contribution in [3.8, 4) is 0 Å². The van der Waals surface area contributed by atoms with E-state index in [0.29, 0.717) is 22.8 Å². The summed E-state index contributed by atoms with van der Waals surface area (Å²) >= 11 is 1.51. The van der Waals surface area contributed by atoms with Crippen LogP contribution in [0.25, 0.3) is 0 Å². The van der Waals surface area contributed by atoms with E-state index >= 15 is 0 Å². The van der Waals surface area contributed by atoms with Crippen LogP contribution in [0.1, 0.15) is 27.8 Å². The largest absolute Gasteiger partial charge is 0.476 e. The minimum absolute atomic E-state index is 0.0289. The van der Waals surface area contributed by atoms with Crippen molar-refractivity contribution in [2.24, 2.45) is 0 Å². The van der Waals surface area contributed by atoms with Crippen LogP contribution in [0.4, 0.5) is 0 Å². The second kappa shape index (κ2) is 3.04. The number of carboxylic acids is 1. The van der Waals surface area contributed by atoms with Crippen molar-refractivity contribution in [1.82, 2.24) is 10.2 Å². The summed E-state index contributed by atoms with van der Waals surface area (Å²) in [6, 6.07) is 0. The Kier molecular flexibility index (Phi) is 2.01. The van der Waals surface area contributed by atoms with Crippen LogP contribution in [-0.2, 0) is 5.75 Å². The van der Waals surface area contributed by atoms with E-state index in [1.54, 1.807) is 0 Å². The van der Waals surface area contributed by atoms with Gasteiger partial charge in [0.05, 0.1) is 5.69 Å². The van der Waals surface area contributed by atoms with Crippen molar-refractivity contribution in [3.05, 3.63) is 17.0 Å². The molecule has 5 nitrogen and oxygen atoms in total. The fraction of sp³-hybridized carbons (Fsp3) is 0.429. The normalized spacial score (nSPS) is 21.2. The molecule has 1 aromatic rings. The quantitative estimate of drug-likeness (QED) is 0.610. The number of aromatic amines is 1. The summed E-state index contributed by atoms with van der Waals surface area (Å²) in [5.41, 5.74) is 1.20. The van der Waals surface area contributed by atoms with Gasteiger partial charge in [0.2, 0.25) is 0 Å². The lowest BCUT2D eigenvalue weighted by atomic mass is 10.1. The van der Waals surface area contributed by atoms with Gasteiger partial charge in [0.25, 0.3) is 0 Å². The van der Waals surface area contributed by atoms with Crippen LogP contribution >= 0.6 is 11.8 Å². The topological polar surface area (TPSA) is 86.2 Å². The number of aromatic carboxylic acids is 1. The van der Waals surface area contributed by atoms with E-state index in [9.17, 15) is 9.90 Å². The van der Waals surface area contributed by atoms with Crippen molar-refractivity contribution in [3.63, 3.8) is 0 Å². The zero-order valence-electron chi connectivity index (χ0n) is 6.65. The minimum Gasteiger partial charge on any atom is -0.476 e. The van der Waals surface area contributed by atoms with Gasteiger partial charge in [0.1, 0.15) is 6.10 Å². The number of fused-ring (bicyclic) bond motifs is 1. The number of aliphatic hydroxyl groups excluding tert-OH is 1. The number of carboxylic acid groups (broad SMARTS) is 1. The maximum absolute atomic E-state index is 10.7. The molecule has 13 heavy (non-hydrogen) atoms. The average molecular weight is 200 g/mol. The van der Waals surface area contributed by atoms with Crippen molar-refractivity contribution in [2.45, 2.75) is 11.9 Å². The molecule has 2 rings (SSSR count). The summed E-state index contributed by atoms with van der Waals surface area (Å²) in [6.07, 6.45) is -0.616. The molecule has 0 aromatic carbocycles. The Bertz CT molecular complexity index is 350. The Hall–Kier alpha value is -1.01. The zero-order chi connectivity index (χ0) is 9.42. The highest BCUT2D eigenvalue weighted by Crippen LogP contribution is 2.31. The van der Waals surface area contributed by atoms with Crippen LogP contribution in [0.2, 0.25) is 0 Å². The summed E-state index contributed by atoms with van der Waals surface area (Å²) in [5, 5.41) is 24.4. The number of H-pyrrole nitrogens is 1. The average Bonchev–Trinajstić information content (AvgIpc) is 2.48. The lowest BCUT2D eigenvalue weighted by Crippen LogP contribution is -2.11. The number of rotatable bonds is 1.